The number of nitrogens with zero attached hydrogens (tertiary/aromatic N) is 1. The smallest absolute Gasteiger partial charge is 0.0464 e. The zero-order chi connectivity index (χ0) is 16.9. The number of anilines is 1. The molecule has 0 aliphatic carbocycles. The number of aromatic amines is 1. The van der Waals surface area contributed by atoms with Crippen LogP contribution in [0.4, 0.5) is 5.69 Å². The molecule has 4 rings (SSSR count). The van der Waals surface area contributed by atoms with E-state index in [4.69, 9.17) is 0 Å². The highest BCUT2D eigenvalue weighted by atomic mass is 15.2. The molecular weight excluding hydrogens is 292 g/mol. The third-order valence-corrected chi connectivity index (χ3v) is 5.18. The van der Waals surface area contributed by atoms with Crippen molar-refractivity contribution in [3.8, 4) is 0 Å². The van der Waals surface area contributed by atoms with E-state index < -0.39 is 0 Å². The summed E-state index contributed by atoms with van der Waals surface area (Å²) in [5.74, 6) is 0. The molecule has 24 heavy (non-hydrogen) atoms. The zero-order valence-corrected chi connectivity index (χ0v) is 14.4. The van der Waals surface area contributed by atoms with Crippen LogP contribution in [0.3, 0.4) is 0 Å². The second kappa shape index (κ2) is 5.13. The van der Waals surface area contributed by atoms with Crippen molar-refractivity contribution in [2.24, 2.45) is 0 Å². The quantitative estimate of drug-likeness (QED) is 0.726. The van der Waals surface area contributed by atoms with Gasteiger partial charge in [0.15, 0.2) is 0 Å². The first-order valence-corrected chi connectivity index (χ1v) is 8.31. The van der Waals surface area contributed by atoms with Gasteiger partial charge in [0.1, 0.15) is 0 Å². The van der Waals surface area contributed by atoms with E-state index in [2.05, 4.69) is 92.0 Å². The lowest BCUT2D eigenvalue weighted by Gasteiger charge is -2.23. The molecule has 1 N–H and O–H groups in total. The van der Waals surface area contributed by atoms with E-state index >= 15 is 0 Å². The van der Waals surface area contributed by atoms with Gasteiger partial charge in [-0.2, -0.15) is 0 Å². The second-order valence-corrected chi connectivity index (χ2v) is 6.98. The SMILES string of the molecule is C=c1[nH]c2ccccc2c1=CC=C1N(C)c2ccccc2C1(C)C. The van der Waals surface area contributed by atoms with Crippen LogP contribution in [0.5, 0.6) is 0 Å². The van der Waals surface area contributed by atoms with Crippen LogP contribution < -0.4 is 15.5 Å². The van der Waals surface area contributed by atoms with Gasteiger partial charge < -0.3 is 9.88 Å². The fourth-order valence-corrected chi connectivity index (χ4v) is 3.87. The first kappa shape index (κ1) is 14.8. The molecule has 0 unspecified atom stereocenters. The Hall–Kier alpha value is -2.74. The molecule has 1 aromatic heterocycles. The summed E-state index contributed by atoms with van der Waals surface area (Å²) >= 11 is 0. The van der Waals surface area contributed by atoms with Gasteiger partial charge in [0.05, 0.1) is 0 Å². The Morgan fingerprint density at radius 3 is 2.50 bits per heavy atom. The van der Waals surface area contributed by atoms with Crippen molar-refractivity contribution >= 4 is 29.2 Å². The molecule has 0 bridgehead atoms. The summed E-state index contributed by atoms with van der Waals surface area (Å²) in [5, 5.41) is 3.34. The molecule has 0 saturated heterocycles. The summed E-state index contributed by atoms with van der Waals surface area (Å²) in [4.78, 5) is 5.66. The molecule has 3 aromatic rings. The van der Waals surface area contributed by atoms with Crippen LogP contribution in [0.1, 0.15) is 19.4 Å². The van der Waals surface area contributed by atoms with Crippen LogP contribution >= 0.6 is 0 Å². The highest BCUT2D eigenvalue weighted by Crippen LogP contribution is 2.46. The van der Waals surface area contributed by atoms with Gasteiger partial charge in [-0.3, -0.25) is 0 Å². The van der Waals surface area contributed by atoms with Crippen LogP contribution in [0.2, 0.25) is 0 Å². The van der Waals surface area contributed by atoms with Crippen LogP contribution in [0, 0.1) is 0 Å². The standard InChI is InChI=1S/C22H22N2/c1-15-16(17-9-5-7-11-19(17)23-15)13-14-21-22(2,3)18-10-6-8-12-20(18)24(21)4/h5-14,23H,1H2,2-4H3. The van der Waals surface area contributed by atoms with Gasteiger partial charge >= 0.3 is 0 Å². The van der Waals surface area contributed by atoms with Crippen LogP contribution in [-0.4, -0.2) is 12.0 Å². The fourth-order valence-electron chi connectivity index (χ4n) is 3.87. The topological polar surface area (TPSA) is 19.0 Å². The number of allylic oxidation sites excluding steroid dienone is 2. The fraction of sp³-hybridized carbons (Fsp3) is 0.182. The maximum Gasteiger partial charge on any atom is 0.0464 e. The lowest BCUT2D eigenvalue weighted by Crippen LogP contribution is -2.24. The molecule has 2 nitrogen and oxygen atoms in total. The minimum Gasteiger partial charge on any atom is -0.355 e. The van der Waals surface area contributed by atoms with Crippen LogP contribution in [0.15, 0.2) is 60.3 Å². The molecular formula is C22H22N2. The van der Waals surface area contributed by atoms with E-state index in [-0.39, 0.29) is 5.41 Å². The number of H-pyrrole nitrogens is 1. The van der Waals surface area contributed by atoms with Gasteiger partial charge in [-0.15, -0.1) is 0 Å². The minimum absolute atomic E-state index is 0.00468. The average Bonchev–Trinajstić information content (AvgIpc) is 2.99. The summed E-state index contributed by atoms with van der Waals surface area (Å²) in [6.07, 6.45) is 4.44. The number of hydrogen-bond acceptors (Lipinski definition) is 1. The lowest BCUT2D eigenvalue weighted by molar-refractivity contribution is 0.641. The third-order valence-electron chi connectivity index (χ3n) is 5.18. The molecule has 0 amide bonds. The van der Waals surface area contributed by atoms with Gasteiger partial charge in [0.2, 0.25) is 0 Å². The predicted molar refractivity (Wildman–Crippen MR) is 103 cm³/mol. The van der Waals surface area contributed by atoms with Crippen molar-refractivity contribution in [1.82, 2.24) is 4.98 Å². The summed E-state index contributed by atoms with van der Waals surface area (Å²) in [7, 11) is 2.15. The average molecular weight is 314 g/mol. The number of likely N-dealkylation sites (N-methyl/N-ethyl adjacent to an activating group) is 1. The van der Waals surface area contributed by atoms with Gasteiger partial charge in [-0.25, -0.2) is 0 Å². The van der Waals surface area contributed by atoms with E-state index in [1.807, 2.05) is 6.07 Å². The number of para-hydroxylation sites is 2. The normalized spacial score (nSPS) is 18.5. The first-order valence-electron chi connectivity index (χ1n) is 8.31. The van der Waals surface area contributed by atoms with Gasteiger partial charge in [-0.1, -0.05) is 62.9 Å². The number of fused-ring (bicyclic) bond motifs is 2. The summed E-state index contributed by atoms with van der Waals surface area (Å²) in [6.45, 7) is 8.74. The van der Waals surface area contributed by atoms with Crippen LogP contribution in [0.25, 0.3) is 23.6 Å². The number of benzene rings is 2. The summed E-state index contributed by atoms with van der Waals surface area (Å²) in [5.41, 5.74) is 5.09. The lowest BCUT2D eigenvalue weighted by atomic mass is 9.84. The van der Waals surface area contributed by atoms with E-state index in [0.29, 0.717) is 0 Å². The largest absolute Gasteiger partial charge is 0.355 e. The molecule has 1 aliphatic heterocycles. The number of rotatable bonds is 1. The first-order chi connectivity index (χ1) is 11.5. The van der Waals surface area contributed by atoms with Crippen molar-refractivity contribution in [3.05, 3.63) is 76.4 Å². The Morgan fingerprint density at radius 1 is 1.00 bits per heavy atom. The molecule has 0 radical (unpaired) electrons. The van der Waals surface area contributed by atoms with Gasteiger partial charge in [0, 0.05) is 45.3 Å². The van der Waals surface area contributed by atoms with E-state index in [9.17, 15) is 0 Å². The number of nitrogens with one attached hydrogen (secondary N) is 1. The Labute approximate surface area is 142 Å². The Bertz CT molecular complexity index is 1070. The van der Waals surface area contributed by atoms with Gasteiger partial charge in [0.25, 0.3) is 0 Å². The summed E-state index contributed by atoms with van der Waals surface area (Å²) in [6, 6.07) is 17.0. The molecule has 120 valence electrons. The van der Waals surface area contributed by atoms with Crippen molar-refractivity contribution in [2.75, 3.05) is 11.9 Å². The molecule has 2 heterocycles. The molecule has 0 spiro atoms. The highest BCUT2D eigenvalue weighted by Gasteiger charge is 2.37. The van der Waals surface area contributed by atoms with E-state index in [1.54, 1.807) is 0 Å². The zero-order valence-electron chi connectivity index (χ0n) is 14.4. The van der Waals surface area contributed by atoms with Crippen molar-refractivity contribution in [2.45, 2.75) is 19.3 Å². The van der Waals surface area contributed by atoms with E-state index in [1.165, 1.54) is 27.6 Å². The molecule has 0 saturated carbocycles. The molecule has 2 heteroatoms. The van der Waals surface area contributed by atoms with Crippen molar-refractivity contribution in [1.29, 1.82) is 0 Å². The van der Waals surface area contributed by atoms with Gasteiger partial charge in [-0.05, 0) is 23.8 Å². The predicted octanol–water partition coefficient (Wildman–Crippen LogP) is 3.67. The Morgan fingerprint density at radius 2 is 1.71 bits per heavy atom. The second-order valence-electron chi connectivity index (χ2n) is 6.98. The number of hydrogen-bond donors (Lipinski definition) is 1. The monoisotopic (exact) mass is 314 g/mol. The van der Waals surface area contributed by atoms with Crippen LogP contribution in [-0.2, 0) is 5.41 Å². The third kappa shape index (κ3) is 2.03. The van der Waals surface area contributed by atoms with Crippen molar-refractivity contribution in [3.63, 3.8) is 0 Å². The minimum atomic E-state index is -0.00468. The Balaban J connectivity index is 1.91. The van der Waals surface area contributed by atoms with Crippen molar-refractivity contribution < 1.29 is 0 Å². The summed E-state index contributed by atoms with van der Waals surface area (Å²) < 4.78 is 0. The molecule has 0 atom stereocenters. The molecule has 0 fully saturated rings. The maximum absolute atomic E-state index is 4.17. The molecule has 2 aromatic carbocycles. The number of aromatic nitrogens is 1. The van der Waals surface area contributed by atoms with E-state index in [0.717, 1.165) is 10.9 Å². The highest BCUT2D eigenvalue weighted by molar-refractivity contribution is 5.82. The molecule has 1 aliphatic rings. The maximum atomic E-state index is 4.17. The Kier molecular flexibility index (Phi) is 3.17.